The van der Waals surface area contributed by atoms with Crippen LogP contribution in [-0.2, 0) is 17.6 Å². The van der Waals surface area contributed by atoms with Crippen LogP contribution < -0.4 is 10.6 Å². The molecule has 4 heteroatoms. The van der Waals surface area contributed by atoms with Crippen LogP contribution in [0.4, 0.5) is 5.69 Å². The zero-order chi connectivity index (χ0) is 20.8. The smallest absolute Gasteiger partial charge is 0.120 e. The number of aldehydes is 1. The fraction of sp³-hybridized carbons (Fsp3) is 0.400. The summed E-state index contributed by atoms with van der Waals surface area (Å²) in [6.45, 7) is 9.22. The molecular formula is C25H32N2OS. The maximum Gasteiger partial charge on any atom is 0.120 e. The Balaban J connectivity index is 1.56. The van der Waals surface area contributed by atoms with Crippen molar-refractivity contribution in [3.63, 3.8) is 0 Å². The summed E-state index contributed by atoms with van der Waals surface area (Å²) in [5, 5.41) is 7.25. The molecule has 29 heavy (non-hydrogen) atoms. The van der Waals surface area contributed by atoms with Crippen molar-refractivity contribution in [2.75, 3.05) is 11.9 Å². The molecule has 1 aliphatic heterocycles. The van der Waals surface area contributed by atoms with E-state index < -0.39 is 0 Å². The van der Waals surface area contributed by atoms with Crippen molar-refractivity contribution in [2.45, 2.75) is 56.9 Å². The van der Waals surface area contributed by atoms with E-state index in [0.29, 0.717) is 18.4 Å². The van der Waals surface area contributed by atoms with Gasteiger partial charge in [0.25, 0.3) is 0 Å². The van der Waals surface area contributed by atoms with Gasteiger partial charge in [0.2, 0.25) is 0 Å². The zero-order valence-corrected chi connectivity index (χ0v) is 18.3. The summed E-state index contributed by atoms with van der Waals surface area (Å²) >= 11 is 4.76. The van der Waals surface area contributed by atoms with Crippen molar-refractivity contribution < 1.29 is 4.79 Å². The largest absolute Gasteiger partial charge is 0.378 e. The van der Waals surface area contributed by atoms with E-state index in [2.05, 4.69) is 67.5 Å². The van der Waals surface area contributed by atoms with E-state index in [0.717, 1.165) is 32.1 Å². The van der Waals surface area contributed by atoms with Gasteiger partial charge in [0.1, 0.15) is 6.29 Å². The first-order chi connectivity index (χ1) is 14.0. The van der Waals surface area contributed by atoms with Gasteiger partial charge in [-0.2, -0.15) is 12.6 Å². The van der Waals surface area contributed by atoms with Gasteiger partial charge in [-0.3, -0.25) is 0 Å². The van der Waals surface area contributed by atoms with Gasteiger partial charge in [-0.05, 0) is 60.4 Å². The monoisotopic (exact) mass is 408 g/mol. The summed E-state index contributed by atoms with van der Waals surface area (Å²) in [4.78, 5) is 10.5. The zero-order valence-electron chi connectivity index (χ0n) is 17.4. The number of hydrogen-bond acceptors (Lipinski definition) is 4. The molecule has 154 valence electrons. The van der Waals surface area contributed by atoms with E-state index in [1.165, 1.54) is 33.5 Å². The molecule has 0 aromatic heterocycles. The van der Waals surface area contributed by atoms with Gasteiger partial charge in [0.05, 0.1) is 11.4 Å². The molecule has 1 heterocycles. The van der Waals surface area contributed by atoms with E-state index in [-0.39, 0.29) is 5.37 Å². The van der Waals surface area contributed by atoms with Crippen molar-refractivity contribution in [1.82, 2.24) is 5.32 Å². The summed E-state index contributed by atoms with van der Waals surface area (Å²) in [6.07, 6.45) is 6.19. The van der Waals surface area contributed by atoms with E-state index in [4.69, 9.17) is 12.6 Å². The van der Waals surface area contributed by atoms with Crippen molar-refractivity contribution in [2.24, 2.45) is 0 Å². The molecule has 1 aliphatic rings. The minimum atomic E-state index is 0.107. The topological polar surface area (TPSA) is 41.1 Å². The average molecular weight is 409 g/mol. The van der Waals surface area contributed by atoms with Gasteiger partial charge >= 0.3 is 0 Å². The Morgan fingerprint density at radius 3 is 2.66 bits per heavy atom. The number of carbonyl (C=O) groups is 1. The van der Waals surface area contributed by atoms with E-state index in [1.54, 1.807) is 0 Å². The SMILES string of the molecule is C=CCC1Nc2cc(C)cc(C(C)CNC(S)Cc3ccc(CCC=O)cc3)c21. The third-order valence-corrected chi connectivity index (χ3v) is 6.00. The van der Waals surface area contributed by atoms with Crippen LogP contribution in [0, 0.1) is 6.92 Å². The third-order valence-electron chi connectivity index (χ3n) is 5.63. The first-order valence-electron chi connectivity index (χ1n) is 10.5. The Hall–Kier alpha value is -2.04. The molecule has 0 saturated heterocycles. The Bertz CT molecular complexity index is 847. The summed E-state index contributed by atoms with van der Waals surface area (Å²) in [7, 11) is 0. The number of nitrogens with one attached hydrogen (secondary N) is 2. The Morgan fingerprint density at radius 1 is 1.24 bits per heavy atom. The Morgan fingerprint density at radius 2 is 1.97 bits per heavy atom. The lowest BCUT2D eigenvalue weighted by atomic mass is 9.83. The lowest BCUT2D eigenvalue weighted by molar-refractivity contribution is -0.107. The van der Waals surface area contributed by atoms with Crippen molar-refractivity contribution >= 4 is 24.6 Å². The second-order valence-corrected chi connectivity index (χ2v) is 8.71. The highest BCUT2D eigenvalue weighted by Gasteiger charge is 2.29. The molecule has 3 atom stereocenters. The number of rotatable bonds is 11. The van der Waals surface area contributed by atoms with Crippen LogP contribution in [0.15, 0.2) is 49.1 Å². The molecule has 3 unspecified atom stereocenters. The minimum absolute atomic E-state index is 0.107. The van der Waals surface area contributed by atoms with Gasteiger partial charge in [-0.25, -0.2) is 0 Å². The summed E-state index contributed by atoms with van der Waals surface area (Å²) < 4.78 is 0. The molecule has 0 saturated carbocycles. The minimum Gasteiger partial charge on any atom is -0.378 e. The highest BCUT2D eigenvalue weighted by Crippen LogP contribution is 2.43. The Kier molecular flexibility index (Phi) is 7.57. The molecule has 2 N–H and O–H groups in total. The van der Waals surface area contributed by atoms with Gasteiger partial charge in [-0.15, -0.1) is 6.58 Å². The lowest BCUT2D eigenvalue weighted by Gasteiger charge is -2.36. The number of carbonyl (C=O) groups excluding carboxylic acids is 1. The Labute approximate surface area is 180 Å². The highest BCUT2D eigenvalue weighted by molar-refractivity contribution is 7.80. The standard InChI is InChI=1S/C25H32N2OS/c1-4-6-22-25-21(13-17(2)14-23(25)27-22)18(3)16-26-24(29)15-20-10-8-19(9-11-20)7-5-12-28/h4,8-14,18,22,24,26-27,29H,1,5-7,15-16H2,2-3H3. The van der Waals surface area contributed by atoms with Crippen LogP contribution in [-0.4, -0.2) is 18.2 Å². The fourth-order valence-corrected chi connectivity index (χ4v) is 4.37. The maximum absolute atomic E-state index is 10.5. The molecule has 0 spiro atoms. The van der Waals surface area contributed by atoms with E-state index in [1.807, 2.05) is 6.08 Å². The molecule has 3 nitrogen and oxygen atoms in total. The van der Waals surface area contributed by atoms with Crippen LogP contribution in [0.5, 0.6) is 0 Å². The first-order valence-corrected chi connectivity index (χ1v) is 11.0. The van der Waals surface area contributed by atoms with Crippen molar-refractivity contribution in [3.8, 4) is 0 Å². The van der Waals surface area contributed by atoms with Crippen LogP contribution in [0.3, 0.4) is 0 Å². The van der Waals surface area contributed by atoms with Crippen molar-refractivity contribution in [3.05, 3.63) is 76.9 Å². The number of thiol groups is 1. The van der Waals surface area contributed by atoms with Gasteiger partial charge in [0.15, 0.2) is 0 Å². The third kappa shape index (κ3) is 5.52. The fourth-order valence-electron chi connectivity index (χ4n) is 4.05. The molecule has 0 bridgehead atoms. The van der Waals surface area contributed by atoms with E-state index in [9.17, 15) is 4.79 Å². The molecular weight excluding hydrogens is 376 g/mol. The molecule has 2 aromatic carbocycles. The van der Waals surface area contributed by atoms with Crippen molar-refractivity contribution in [1.29, 1.82) is 0 Å². The van der Waals surface area contributed by atoms with Crippen LogP contribution >= 0.6 is 12.6 Å². The quantitative estimate of drug-likeness (QED) is 0.203. The summed E-state index contributed by atoms with van der Waals surface area (Å²) in [5.41, 5.74) is 7.92. The number of fused-ring (bicyclic) bond motifs is 1. The van der Waals surface area contributed by atoms with Gasteiger partial charge in [-0.1, -0.05) is 43.3 Å². The maximum atomic E-state index is 10.5. The van der Waals surface area contributed by atoms with Crippen LogP contribution in [0.1, 0.15) is 59.5 Å². The average Bonchev–Trinajstić information content (AvgIpc) is 2.69. The normalized spacial score (nSPS) is 16.9. The first kappa shape index (κ1) is 21.7. The van der Waals surface area contributed by atoms with E-state index >= 15 is 0 Å². The molecule has 0 amide bonds. The lowest BCUT2D eigenvalue weighted by Crippen LogP contribution is -2.31. The summed E-state index contributed by atoms with van der Waals surface area (Å²) in [6, 6.07) is 13.5. The number of aryl methyl sites for hydroxylation is 2. The number of anilines is 1. The second kappa shape index (κ2) is 10.1. The predicted octanol–water partition coefficient (Wildman–Crippen LogP) is 5.36. The van der Waals surface area contributed by atoms with Gasteiger partial charge in [0, 0.05) is 24.2 Å². The molecule has 0 fully saturated rings. The molecule has 3 rings (SSSR count). The highest BCUT2D eigenvalue weighted by atomic mass is 32.1. The van der Waals surface area contributed by atoms with Crippen LogP contribution in [0.25, 0.3) is 0 Å². The molecule has 0 radical (unpaired) electrons. The second-order valence-electron chi connectivity index (χ2n) is 8.09. The molecule has 0 aliphatic carbocycles. The van der Waals surface area contributed by atoms with Crippen LogP contribution in [0.2, 0.25) is 0 Å². The predicted molar refractivity (Wildman–Crippen MR) is 126 cm³/mol. The summed E-state index contributed by atoms with van der Waals surface area (Å²) in [5.74, 6) is 0.415. The number of benzene rings is 2. The molecule has 2 aromatic rings. The van der Waals surface area contributed by atoms with Gasteiger partial charge < -0.3 is 15.4 Å². The number of hydrogen-bond donors (Lipinski definition) is 3.